The van der Waals surface area contributed by atoms with Crippen molar-refractivity contribution >= 4 is 17.7 Å². The minimum atomic E-state index is 0.102. The Hall–Kier alpha value is -1.74. The van der Waals surface area contributed by atoms with Crippen molar-refractivity contribution in [3.8, 4) is 0 Å². The molecule has 0 heterocycles. The van der Waals surface area contributed by atoms with Crippen molar-refractivity contribution in [2.24, 2.45) is 0 Å². The maximum Gasteiger partial charge on any atom is 0.221 e. The Morgan fingerprint density at radius 2 is 1.87 bits per heavy atom. The Morgan fingerprint density at radius 1 is 1.13 bits per heavy atom. The van der Waals surface area contributed by atoms with Crippen LogP contribution < -0.4 is 5.32 Å². The third-order valence-corrected chi connectivity index (χ3v) is 4.90. The molecule has 0 radical (unpaired) electrons. The highest BCUT2D eigenvalue weighted by Gasteiger charge is 2.14. The maximum atomic E-state index is 12.2. The van der Waals surface area contributed by atoms with E-state index in [1.165, 1.54) is 21.6 Å². The molecule has 0 aromatic heterocycles. The summed E-state index contributed by atoms with van der Waals surface area (Å²) < 4.78 is 0. The fourth-order valence-corrected chi connectivity index (χ4v) is 3.53. The van der Waals surface area contributed by atoms with Gasteiger partial charge in [0.05, 0.1) is 6.04 Å². The molecule has 2 aromatic carbocycles. The lowest BCUT2D eigenvalue weighted by Crippen LogP contribution is -2.28. The van der Waals surface area contributed by atoms with E-state index in [0.29, 0.717) is 6.42 Å². The van der Waals surface area contributed by atoms with Gasteiger partial charge in [-0.3, -0.25) is 4.79 Å². The summed E-state index contributed by atoms with van der Waals surface area (Å²) in [5.41, 5.74) is 3.73. The second-order valence-electron chi connectivity index (χ2n) is 5.80. The third kappa shape index (κ3) is 5.43. The number of hydrogen-bond donors (Lipinski definition) is 1. The summed E-state index contributed by atoms with van der Waals surface area (Å²) in [6.07, 6.45) is 1.45. The molecule has 122 valence electrons. The Kier molecular flexibility index (Phi) is 6.72. The van der Waals surface area contributed by atoms with Crippen molar-refractivity contribution < 1.29 is 4.79 Å². The first kappa shape index (κ1) is 17.6. The molecule has 1 unspecified atom stereocenters. The van der Waals surface area contributed by atoms with Crippen molar-refractivity contribution in [3.05, 3.63) is 65.2 Å². The Bertz CT molecular complexity index is 639. The molecule has 0 saturated carbocycles. The van der Waals surface area contributed by atoms with Gasteiger partial charge in [-0.1, -0.05) is 48.9 Å². The molecule has 2 aromatic rings. The van der Waals surface area contributed by atoms with Gasteiger partial charge >= 0.3 is 0 Å². The first-order valence-corrected chi connectivity index (χ1v) is 9.13. The number of benzene rings is 2. The summed E-state index contributed by atoms with van der Waals surface area (Å²) in [5.74, 6) is 0.930. The molecule has 0 bridgehead atoms. The van der Waals surface area contributed by atoms with Crippen molar-refractivity contribution in [2.45, 2.75) is 44.6 Å². The Labute approximate surface area is 143 Å². The molecule has 0 aliphatic rings. The summed E-state index contributed by atoms with van der Waals surface area (Å²) in [5, 5.41) is 3.18. The predicted octanol–water partition coefficient (Wildman–Crippen LogP) is 5.05. The van der Waals surface area contributed by atoms with Crippen LogP contribution >= 0.6 is 11.8 Å². The Morgan fingerprint density at radius 3 is 2.52 bits per heavy atom. The number of thioether (sulfide) groups is 1. The lowest BCUT2D eigenvalue weighted by atomic mass is 9.97. The molecular weight excluding hydrogens is 302 g/mol. The number of carbonyl (C=O) groups is 1. The summed E-state index contributed by atoms with van der Waals surface area (Å²) in [6, 6.07) is 16.7. The summed E-state index contributed by atoms with van der Waals surface area (Å²) >= 11 is 1.72. The normalized spacial score (nSPS) is 12.0. The number of nitrogens with one attached hydrogen (secondary N) is 1. The number of rotatable bonds is 7. The van der Waals surface area contributed by atoms with Crippen molar-refractivity contribution in [1.82, 2.24) is 5.32 Å². The summed E-state index contributed by atoms with van der Waals surface area (Å²) in [4.78, 5) is 13.4. The van der Waals surface area contributed by atoms with Gasteiger partial charge in [-0.05, 0) is 43.5 Å². The van der Waals surface area contributed by atoms with E-state index >= 15 is 0 Å². The monoisotopic (exact) mass is 327 g/mol. The molecule has 1 amide bonds. The zero-order chi connectivity index (χ0) is 16.7. The largest absolute Gasteiger partial charge is 0.349 e. The first-order chi connectivity index (χ1) is 11.1. The average Bonchev–Trinajstić information content (AvgIpc) is 2.54. The fourth-order valence-electron chi connectivity index (χ4n) is 2.66. The Balaban J connectivity index is 1.87. The molecule has 3 heteroatoms. The second kappa shape index (κ2) is 8.78. The SMILES string of the molecule is CCC(NC(=O)CCSc1ccccc1)c1ccc(C)cc1C. The summed E-state index contributed by atoms with van der Waals surface area (Å²) in [6.45, 7) is 6.32. The van der Waals surface area contributed by atoms with Gasteiger partial charge in [0.2, 0.25) is 5.91 Å². The molecule has 2 nitrogen and oxygen atoms in total. The number of hydrogen-bond acceptors (Lipinski definition) is 2. The second-order valence-corrected chi connectivity index (χ2v) is 6.97. The van der Waals surface area contributed by atoms with Crippen LogP contribution in [-0.4, -0.2) is 11.7 Å². The minimum Gasteiger partial charge on any atom is -0.349 e. The highest BCUT2D eigenvalue weighted by atomic mass is 32.2. The minimum absolute atomic E-state index is 0.102. The maximum absolute atomic E-state index is 12.2. The van der Waals surface area contributed by atoms with Crippen LogP contribution in [-0.2, 0) is 4.79 Å². The van der Waals surface area contributed by atoms with Crippen molar-refractivity contribution in [2.75, 3.05) is 5.75 Å². The van der Waals surface area contributed by atoms with E-state index in [9.17, 15) is 4.79 Å². The topological polar surface area (TPSA) is 29.1 Å². The van der Waals surface area contributed by atoms with Crippen LogP contribution in [0.15, 0.2) is 53.4 Å². The van der Waals surface area contributed by atoms with Crippen LogP contribution in [0.3, 0.4) is 0 Å². The van der Waals surface area contributed by atoms with Crippen LogP contribution in [0.4, 0.5) is 0 Å². The number of aryl methyl sites for hydroxylation is 2. The smallest absolute Gasteiger partial charge is 0.221 e. The van der Waals surface area contributed by atoms with Crippen LogP contribution in [0.25, 0.3) is 0 Å². The van der Waals surface area contributed by atoms with Gasteiger partial charge in [-0.2, -0.15) is 0 Å². The van der Waals surface area contributed by atoms with E-state index in [0.717, 1.165) is 12.2 Å². The molecule has 1 atom stereocenters. The molecule has 0 fully saturated rings. The standard InChI is InChI=1S/C20H25NOS/c1-4-19(18-11-10-15(2)14-16(18)3)21-20(22)12-13-23-17-8-6-5-7-9-17/h5-11,14,19H,4,12-13H2,1-3H3,(H,21,22). The zero-order valence-corrected chi connectivity index (χ0v) is 15.0. The van der Waals surface area contributed by atoms with E-state index in [-0.39, 0.29) is 11.9 Å². The molecule has 0 aliphatic heterocycles. The van der Waals surface area contributed by atoms with Crippen LogP contribution in [0.1, 0.15) is 42.5 Å². The molecule has 23 heavy (non-hydrogen) atoms. The number of amides is 1. The molecule has 0 saturated heterocycles. The highest BCUT2D eigenvalue weighted by molar-refractivity contribution is 7.99. The molecule has 1 N–H and O–H groups in total. The van der Waals surface area contributed by atoms with E-state index in [1.54, 1.807) is 11.8 Å². The van der Waals surface area contributed by atoms with Gasteiger partial charge in [0.25, 0.3) is 0 Å². The van der Waals surface area contributed by atoms with E-state index in [2.05, 4.69) is 56.4 Å². The van der Waals surface area contributed by atoms with E-state index in [1.807, 2.05) is 18.2 Å². The van der Waals surface area contributed by atoms with Gasteiger partial charge in [-0.15, -0.1) is 11.8 Å². The molecular formula is C20H25NOS. The van der Waals surface area contributed by atoms with Gasteiger partial charge in [-0.25, -0.2) is 0 Å². The third-order valence-electron chi connectivity index (χ3n) is 3.89. The van der Waals surface area contributed by atoms with Gasteiger partial charge < -0.3 is 5.32 Å². The van der Waals surface area contributed by atoms with Gasteiger partial charge in [0.15, 0.2) is 0 Å². The predicted molar refractivity (Wildman–Crippen MR) is 98.9 cm³/mol. The lowest BCUT2D eigenvalue weighted by molar-refractivity contribution is -0.121. The van der Waals surface area contributed by atoms with Crippen LogP contribution in [0.2, 0.25) is 0 Å². The van der Waals surface area contributed by atoms with Crippen molar-refractivity contribution in [3.63, 3.8) is 0 Å². The van der Waals surface area contributed by atoms with Crippen LogP contribution in [0.5, 0.6) is 0 Å². The van der Waals surface area contributed by atoms with Crippen LogP contribution in [0, 0.1) is 13.8 Å². The average molecular weight is 327 g/mol. The molecule has 0 aliphatic carbocycles. The summed E-state index contributed by atoms with van der Waals surface area (Å²) in [7, 11) is 0. The molecule has 0 spiro atoms. The molecule has 2 rings (SSSR count). The first-order valence-electron chi connectivity index (χ1n) is 8.14. The quantitative estimate of drug-likeness (QED) is 0.721. The fraction of sp³-hybridized carbons (Fsp3) is 0.350. The zero-order valence-electron chi connectivity index (χ0n) is 14.1. The van der Waals surface area contributed by atoms with Gasteiger partial charge in [0.1, 0.15) is 0 Å². The van der Waals surface area contributed by atoms with E-state index in [4.69, 9.17) is 0 Å². The lowest BCUT2D eigenvalue weighted by Gasteiger charge is -2.20. The van der Waals surface area contributed by atoms with Gasteiger partial charge in [0, 0.05) is 17.1 Å². The van der Waals surface area contributed by atoms with Crippen molar-refractivity contribution in [1.29, 1.82) is 0 Å². The highest BCUT2D eigenvalue weighted by Crippen LogP contribution is 2.22. The number of carbonyl (C=O) groups excluding carboxylic acids is 1. The van der Waals surface area contributed by atoms with E-state index < -0.39 is 0 Å².